The van der Waals surface area contributed by atoms with E-state index in [4.69, 9.17) is 0 Å². The molecule has 0 atom stereocenters. The van der Waals surface area contributed by atoms with E-state index in [1.54, 1.807) is 19.9 Å². The first-order valence-corrected chi connectivity index (χ1v) is 5.65. The van der Waals surface area contributed by atoms with Crippen molar-refractivity contribution in [1.82, 2.24) is 10.6 Å². The van der Waals surface area contributed by atoms with E-state index in [2.05, 4.69) is 15.4 Å². The quantitative estimate of drug-likeness (QED) is 0.888. The van der Waals surface area contributed by atoms with Crippen LogP contribution in [0.5, 0.6) is 5.75 Å². The molecule has 0 aliphatic heterocycles. The van der Waals surface area contributed by atoms with Crippen molar-refractivity contribution in [3.8, 4) is 5.75 Å². The molecule has 2 N–H and O–H groups in total. The molecule has 0 spiro atoms. The lowest BCUT2D eigenvalue weighted by molar-refractivity contribution is -0.274. The van der Waals surface area contributed by atoms with Gasteiger partial charge in [0.2, 0.25) is 0 Å². The zero-order valence-electron chi connectivity index (χ0n) is 10.5. The molecule has 0 saturated heterocycles. The number of benzene rings is 1. The van der Waals surface area contributed by atoms with Gasteiger partial charge in [0.15, 0.2) is 0 Å². The number of carbonyl (C=O) groups is 1. The number of nitrogens with one attached hydrogen (secondary N) is 2. The van der Waals surface area contributed by atoms with Gasteiger partial charge in [-0.25, -0.2) is 4.79 Å². The molecule has 0 unspecified atom stereocenters. The average molecular weight is 276 g/mol. The van der Waals surface area contributed by atoms with Crippen LogP contribution in [0.3, 0.4) is 0 Å². The largest absolute Gasteiger partial charge is 0.573 e. The van der Waals surface area contributed by atoms with Gasteiger partial charge in [-0.05, 0) is 31.5 Å². The van der Waals surface area contributed by atoms with Gasteiger partial charge in [-0.1, -0.05) is 12.1 Å². The highest BCUT2D eigenvalue weighted by atomic mass is 19.4. The van der Waals surface area contributed by atoms with Gasteiger partial charge in [0, 0.05) is 12.6 Å². The minimum atomic E-state index is -4.72. The number of hydrogen-bond donors (Lipinski definition) is 2. The predicted octanol–water partition coefficient (Wildman–Crippen LogP) is 2.79. The van der Waals surface area contributed by atoms with Crippen molar-refractivity contribution in [3.05, 3.63) is 29.8 Å². The number of rotatable bonds is 4. The Kier molecular flexibility index (Phi) is 5.02. The topological polar surface area (TPSA) is 50.4 Å². The molecule has 7 heteroatoms. The minimum absolute atomic E-state index is 0.0140. The Morgan fingerprint density at radius 3 is 2.63 bits per heavy atom. The number of alkyl halides is 3. The molecule has 0 bridgehead atoms. The van der Waals surface area contributed by atoms with Crippen molar-refractivity contribution >= 4 is 6.03 Å². The first-order valence-electron chi connectivity index (χ1n) is 5.65. The van der Waals surface area contributed by atoms with Gasteiger partial charge in [-0.2, -0.15) is 0 Å². The van der Waals surface area contributed by atoms with E-state index >= 15 is 0 Å². The Bertz CT molecular complexity index is 433. The fraction of sp³-hybridized carbons (Fsp3) is 0.417. The summed E-state index contributed by atoms with van der Waals surface area (Å²) in [6.07, 6.45) is -4.72. The smallest absolute Gasteiger partial charge is 0.406 e. The number of carbonyl (C=O) groups excluding carboxylic acids is 1. The standard InChI is InChI=1S/C12H15F3N2O2/c1-8(2)17-11(18)16-7-9-4-3-5-10(6-9)19-12(13,14)15/h3-6,8H,7H2,1-2H3,(H2,16,17,18). The minimum Gasteiger partial charge on any atom is -0.406 e. The summed E-state index contributed by atoms with van der Waals surface area (Å²) in [6.45, 7) is 3.72. The molecule has 1 aromatic carbocycles. The second kappa shape index (κ2) is 6.31. The third-order valence-electron chi connectivity index (χ3n) is 2.00. The van der Waals surface area contributed by atoms with Gasteiger partial charge in [-0.3, -0.25) is 0 Å². The predicted molar refractivity (Wildman–Crippen MR) is 63.6 cm³/mol. The summed E-state index contributed by atoms with van der Waals surface area (Å²) >= 11 is 0. The van der Waals surface area contributed by atoms with E-state index in [1.807, 2.05) is 0 Å². The maximum Gasteiger partial charge on any atom is 0.573 e. The number of urea groups is 1. The second-order valence-electron chi connectivity index (χ2n) is 4.18. The van der Waals surface area contributed by atoms with Gasteiger partial charge >= 0.3 is 12.4 Å². The van der Waals surface area contributed by atoms with Crippen molar-refractivity contribution < 1.29 is 22.7 Å². The Morgan fingerprint density at radius 2 is 2.05 bits per heavy atom. The van der Waals surface area contributed by atoms with Gasteiger partial charge in [-0.15, -0.1) is 13.2 Å². The lowest BCUT2D eigenvalue weighted by Gasteiger charge is -2.12. The fourth-order valence-electron chi connectivity index (χ4n) is 1.35. The Hall–Kier alpha value is -1.92. The van der Waals surface area contributed by atoms with E-state index in [0.29, 0.717) is 5.56 Å². The zero-order chi connectivity index (χ0) is 14.5. The van der Waals surface area contributed by atoms with Crippen molar-refractivity contribution in [2.24, 2.45) is 0 Å². The van der Waals surface area contributed by atoms with Crippen LogP contribution >= 0.6 is 0 Å². The number of halogens is 3. The molecule has 1 aromatic rings. The van der Waals surface area contributed by atoms with Gasteiger partial charge in [0.25, 0.3) is 0 Å². The van der Waals surface area contributed by atoms with Crippen molar-refractivity contribution in [1.29, 1.82) is 0 Å². The molecule has 0 aliphatic carbocycles. The van der Waals surface area contributed by atoms with E-state index in [1.165, 1.54) is 18.2 Å². The lowest BCUT2D eigenvalue weighted by atomic mass is 10.2. The summed E-state index contributed by atoms with van der Waals surface area (Å²) in [5, 5.41) is 5.14. The first-order chi connectivity index (χ1) is 8.76. The van der Waals surface area contributed by atoms with Crippen molar-refractivity contribution in [3.63, 3.8) is 0 Å². The summed E-state index contributed by atoms with van der Waals surface area (Å²) in [6, 6.07) is 5.06. The number of hydrogen-bond acceptors (Lipinski definition) is 2. The normalized spacial score (nSPS) is 11.3. The molecule has 0 aromatic heterocycles. The molecule has 0 radical (unpaired) electrons. The van der Waals surface area contributed by atoms with E-state index < -0.39 is 6.36 Å². The average Bonchev–Trinajstić information content (AvgIpc) is 2.23. The molecule has 0 aliphatic rings. The Balaban J connectivity index is 2.55. The Labute approximate surface area is 108 Å². The van der Waals surface area contributed by atoms with Crippen LogP contribution in [0.25, 0.3) is 0 Å². The summed E-state index contributed by atoms with van der Waals surface area (Å²) in [4.78, 5) is 11.3. The fourth-order valence-corrected chi connectivity index (χ4v) is 1.35. The van der Waals surface area contributed by atoms with Gasteiger partial charge < -0.3 is 15.4 Å². The molecule has 106 valence electrons. The number of ether oxygens (including phenoxy) is 1. The molecule has 19 heavy (non-hydrogen) atoms. The SMILES string of the molecule is CC(C)NC(=O)NCc1cccc(OC(F)(F)F)c1. The van der Waals surface area contributed by atoms with E-state index in [9.17, 15) is 18.0 Å². The maximum absolute atomic E-state index is 12.0. The summed E-state index contributed by atoms with van der Waals surface area (Å²) in [7, 11) is 0. The highest BCUT2D eigenvalue weighted by molar-refractivity contribution is 5.74. The highest BCUT2D eigenvalue weighted by Gasteiger charge is 2.31. The molecule has 2 amide bonds. The van der Waals surface area contributed by atoms with Crippen LogP contribution in [0.4, 0.5) is 18.0 Å². The van der Waals surface area contributed by atoms with Crippen LogP contribution in [0.2, 0.25) is 0 Å². The van der Waals surface area contributed by atoms with Crippen molar-refractivity contribution in [2.75, 3.05) is 0 Å². The third-order valence-corrected chi connectivity index (χ3v) is 2.00. The van der Waals surface area contributed by atoms with Crippen LogP contribution < -0.4 is 15.4 Å². The Morgan fingerprint density at radius 1 is 1.37 bits per heavy atom. The monoisotopic (exact) mass is 276 g/mol. The summed E-state index contributed by atoms with van der Waals surface area (Å²) < 4.78 is 39.9. The maximum atomic E-state index is 12.0. The van der Waals surface area contributed by atoms with Gasteiger partial charge in [0.1, 0.15) is 5.75 Å². The second-order valence-corrected chi connectivity index (χ2v) is 4.18. The lowest BCUT2D eigenvalue weighted by Crippen LogP contribution is -2.39. The summed E-state index contributed by atoms with van der Waals surface area (Å²) in [5.41, 5.74) is 0.514. The molecule has 1 rings (SSSR count). The van der Waals surface area contributed by atoms with Crippen molar-refractivity contribution in [2.45, 2.75) is 32.8 Å². The van der Waals surface area contributed by atoms with Crippen LogP contribution in [-0.4, -0.2) is 18.4 Å². The molecule has 0 heterocycles. The van der Waals surface area contributed by atoms with Crippen LogP contribution in [0.1, 0.15) is 19.4 Å². The van der Waals surface area contributed by atoms with Crippen LogP contribution in [0, 0.1) is 0 Å². The molecule has 0 fully saturated rings. The van der Waals surface area contributed by atoms with Crippen LogP contribution in [0.15, 0.2) is 24.3 Å². The highest BCUT2D eigenvalue weighted by Crippen LogP contribution is 2.23. The number of amides is 2. The molecular weight excluding hydrogens is 261 g/mol. The molecule has 4 nitrogen and oxygen atoms in total. The van der Waals surface area contributed by atoms with E-state index in [0.717, 1.165) is 0 Å². The third kappa shape index (κ3) is 6.54. The molecule has 0 saturated carbocycles. The molecular formula is C12H15F3N2O2. The van der Waals surface area contributed by atoms with Gasteiger partial charge in [0.05, 0.1) is 0 Å². The first kappa shape index (κ1) is 15.1. The summed E-state index contributed by atoms with van der Waals surface area (Å²) in [5.74, 6) is -0.309. The zero-order valence-corrected chi connectivity index (χ0v) is 10.5. The van der Waals surface area contributed by atoms with E-state index in [-0.39, 0.29) is 24.4 Å². The van der Waals surface area contributed by atoms with Crippen LogP contribution in [-0.2, 0) is 6.54 Å².